The molecule has 0 amide bonds. The van der Waals surface area contributed by atoms with E-state index in [9.17, 15) is 13.2 Å². The molecule has 0 radical (unpaired) electrons. The van der Waals surface area contributed by atoms with Gasteiger partial charge < -0.3 is 4.18 Å². The predicted octanol–water partition coefficient (Wildman–Crippen LogP) is 3.91. The molecule has 0 bridgehead atoms. The Morgan fingerprint density at radius 1 is 1.16 bits per heavy atom. The van der Waals surface area contributed by atoms with Crippen molar-refractivity contribution < 1.29 is 21.9 Å². The Morgan fingerprint density at radius 2 is 1.92 bits per heavy atom. The normalized spacial score (nSPS) is 46.7. The minimum Gasteiger partial charge on any atom is -0.367 e. The second-order valence-corrected chi connectivity index (χ2v) is 10.2. The number of rotatable bonds is 2. The van der Waals surface area contributed by atoms with Crippen molar-refractivity contribution in [2.75, 3.05) is 0 Å². The molecule has 5 nitrogen and oxygen atoms in total. The molecule has 140 valence electrons. The lowest BCUT2D eigenvalue weighted by Crippen LogP contribution is -2.52. The maximum atomic E-state index is 12.4. The molecule has 6 atom stereocenters. The summed E-state index contributed by atoms with van der Waals surface area (Å²) in [6, 6.07) is 0. The van der Waals surface area contributed by atoms with Gasteiger partial charge in [0.25, 0.3) is 0 Å². The molecule has 3 saturated carbocycles. The van der Waals surface area contributed by atoms with Gasteiger partial charge in [0.05, 0.1) is 0 Å². The van der Waals surface area contributed by atoms with E-state index in [4.69, 9.17) is 8.74 Å². The van der Waals surface area contributed by atoms with Crippen molar-refractivity contribution in [1.82, 2.24) is 0 Å². The summed E-state index contributed by atoms with van der Waals surface area (Å²) in [5.74, 6) is 2.98. The zero-order valence-corrected chi connectivity index (χ0v) is 15.8. The van der Waals surface area contributed by atoms with Crippen molar-refractivity contribution in [3.05, 3.63) is 11.8 Å². The third kappa shape index (κ3) is 2.67. The van der Waals surface area contributed by atoms with Gasteiger partial charge in [-0.25, -0.2) is 0 Å². The lowest BCUT2D eigenvalue weighted by atomic mass is 9.46. The van der Waals surface area contributed by atoms with Gasteiger partial charge >= 0.3 is 10.4 Å². The van der Waals surface area contributed by atoms with Crippen LogP contribution in [0.1, 0.15) is 65.2 Å². The molecule has 0 aromatic rings. The van der Waals surface area contributed by atoms with Crippen molar-refractivity contribution in [1.29, 1.82) is 0 Å². The fourth-order valence-electron chi connectivity index (χ4n) is 6.82. The quantitative estimate of drug-likeness (QED) is 0.747. The molecule has 1 N–H and O–H groups in total. The van der Waals surface area contributed by atoms with Crippen LogP contribution in [0.15, 0.2) is 11.8 Å². The zero-order chi connectivity index (χ0) is 18.0. The fraction of sp³-hybridized carbons (Fsp3) is 0.842. The van der Waals surface area contributed by atoms with Crippen LogP contribution in [0.25, 0.3) is 0 Å². The number of allylic oxidation sites excluding steroid dienone is 2. The highest BCUT2D eigenvalue weighted by Gasteiger charge is 2.59. The highest BCUT2D eigenvalue weighted by Crippen LogP contribution is 2.65. The van der Waals surface area contributed by atoms with Gasteiger partial charge in [0.2, 0.25) is 0 Å². The number of ketones is 1. The Hall–Kier alpha value is -0.880. The van der Waals surface area contributed by atoms with Crippen LogP contribution >= 0.6 is 0 Å². The summed E-state index contributed by atoms with van der Waals surface area (Å²) in [5.41, 5.74) is 0.0378. The molecule has 3 fully saturated rings. The summed E-state index contributed by atoms with van der Waals surface area (Å²) in [6.07, 6.45) is 9.29. The average molecular weight is 368 g/mol. The monoisotopic (exact) mass is 368 g/mol. The van der Waals surface area contributed by atoms with E-state index < -0.39 is 10.4 Å². The van der Waals surface area contributed by atoms with Gasteiger partial charge in [-0.1, -0.05) is 13.8 Å². The molecule has 0 spiro atoms. The average Bonchev–Trinajstić information content (AvgIpc) is 2.82. The van der Waals surface area contributed by atoms with Crippen LogP contribution in [-0.2, 0) is 19.4 Å². The van der Waals surface area contributed by atoms with Gasteiger partial charge in [-0.2, -0.15) is 8.42 Å². The van der Waals surface area contributed by atoms with E-state index in [-0.39, 0.29) is 10.8 Å². The molecule has 0 aromatic carbocycles. The fourth-order valence-corrected chi connectivity index (χ4v) is 7.23. The van der Waals surface area contributed by atoms with Crippen molar-refractivity contribution in [2.45, 2.75) is 65.2 Å². The molecule has 4 aliphatic rings. The van der Waals surface area contributed by atoms with Crippen LogP contribution in [-0.4, -0.2) is 18.8 Å². The number of fused-ring (bicyclic) bond motifs is 5. The van der Waals surface area contributed by atoms with Crippen molar-refractivity contribution >= 4 is 16.2 Å². The summed E-state index contributed by atoms with van der Waals surface area (Å²) in [5, 5.41) is 0. The van der Waals surface area contributed by atoms with Crippen LogP contribution in [0.3, 0.4) is 0 Å². The van der Waals surface area contributed by atoms with E-state index in [2.05, 4.69) is 13.8 Å². The van der Waals surface area contributed by atoms with E-state index >= 15 is 0 Å². The first-order valence-electron chi connectivity index (χ1n) is 9.53. The number of carbonyl (C=O) groups is 1. The van der Waals surface area contributed by atoms with Crippen molar-refractivity contribution in [3.8, 4) is 0 Å². The maximum Gasteiger partial charge on any atom is 0.446 e. The molecule has 0 aliphatic heterocycles. The molecular formula is C19H28O5S. The van der Waals surface area contributed by atoms with Crippen LogP contribution in [0.4, 0.5) is 0 Å². The predicted molar refractivity (Wildman–Crippen MR) is 92.8 cm³/mol. The van der Waals surface area contributed by atoms with E-state index in [1.165, 1.54) is 0 Å². The molecule has 1 unspecified atom stereocenters. The molecule has 4 rings (SSSR count). The number of carbonyl (C=O) groups excluding carboxylic acids is 1. The molecule has 0 aromatic heterocycles. The molecule has 6 heteroatoms. The highest BCUT2D eigenvalue weighted by atomic mass is 32.3. The maximum absolute atomic E-state index is 12.4. The summed E-state index contributed by atoms with van der Waals surface area (Å²) < 4.78 is 35.7. The van der Waals surface area contributed by atoms with Gasteiger partial charge in [0, 0.05) is 18.3 Å². The van der Waals surface area contributed by atoms with Crippen molar-refractivity contribution in [3.63, 3.8) is 0 Å². The van der Waals surface area contributed by atoms with Crippen LogP contribution in [0.2, 0.25) is 0 Å². The first-order chi connectivity index (χ1) is 11.6. The second-order valence-electron chi connectivity index (χ2n) is 9.16. The van der Waals surface area contributed by atoms with E-state index in [0.717, 1.165) is 44.9 Å². The smallest absolute Gasteiger partial charge is 0.367 e. The Bertz CT molecular complexity index is 726. The Kier molecular flexibility index (Phi) is 3.90. The summed E-state index contributed by atoms with van der Waals surface area (Å²) >= 11 is 0. The van der Waals surface area contributed by atoms with E-state index in [1.54, 1.807) is 0 Å². The van der Waals surface area contributed by atoms with Gasteiger partial charge in [-0.3, -0.25) is 9.35 Å². The van der Waals surface area contributed by atoms with E-state index in [1.807, 2.05) is 6.08 Å². The van der Waals surface area contributed by atoms with Crippen LogP contribution in [0, 0.1) is 34.5 Å². The van der Waals surface area contributed by atoms with Crippen molar-refractivity contribution in [2.24, 2.45) is 34.5 Å². The first kappa shape index (κ1) is 17.5. The standard InChI is InChI=1S/C19H28O5S/c1-18-9-7-13(24-25(21,22)23)11-12(18)3-4-14-15-5-6-17(20)19(15,2)10-8-16(14)18/h7,12,14-16H,3-6,8-11H2,1-2H3,(H,21,22,23)/t12?,14-,15-,16-,18-,19-/m0/s1. The third-order valence-corrected chi connectivity index (χ3v) is 8.63. The summed E-state index contributed by atoms with van der Waals surface area (Å²) in [7, 11) is -4.44. The van der Waals surface area contributed by atoms with E-state index in [0.29, 0.717) is 41.6 Å². The minimum atomic E-state index is -4.44. The van der Waals surface area contributed by atoms with Crippen LogP contribution < -0.4 is 0 Å². The number of hydrogen-bond acceptors (Lipinski definition) is 4. The van der Waals surface area contributed by atoms with Gasteiger partial charge in [-0.15, -0.1) is 0 Å². The first-order valence-corrected chi connectivity index (χ1v) is 10.9. The lowest BCUT2D eigenvalue weighted by molar-refractivity contribution is -0.136. The largest absolute Gasteiger partial charge is 0.446 e. The Labute approximate surface area is 150 Å². The van der Waals surface area contributed by atoms with Gasteiger partial charge in [0.15, 0.2) is 0 Å². The molecule has 4 aliphatic carbocycles. The third-order valence-electron chi connectivity index (χ3n) is 8.20. The Balaban J connectivity index is 1.59. The molecule has 0 saturated heterocycles. The molecular weight excluding hydrogens is 340 g/mol. The zero-order valence-electron chi connectivity index (χ0n) is 15.0. The van der Waals surface area contributed by atoms with Gasteiger partial charge in [0.1, 0.15) is 11.5 Å². The molecule has 25 heavy (non-hydrogen) atoms. The topological polar surface area (TPSA) is 80.7 Å². The van der Waals surface area contributed by atoms with Crippen LogP contribution in [0.5, 0.6) is 0 Å². The summed E-state index contributed by atoms with van der Waals surface area (Å²) in [4.78, 5) is 12.4. The summed E-state index contributed by atoms with van der Waals surface area (Å²) in [6.45, 7) is 4.53. The minimum absolute atomic E-state index is 0.103. The lowest BCUT2D eigenvalue weighted by Gasteiger charge is -2.58. The molecule has 0 heterocycles. The number of Topliss-reactive ketones (excluding diaryl/α,β-unsaturated/α-hetero) is 1. The van der Waals surface area contributed by atoms with Gasteiger partial charge in [-0.05, 0) is 73.7 Å². The SMILES string of the molecule is C[C@]12CC=C(OS(=O)(=O)O)CC1CC[C@@H]1[C@@H]2CC[C@]2(C)C(=O)CC[C@@H]12. The second kappa shape index (κ2) is 5.56. The Morgan fingerprint density at radius 3 is 2.64 bits per heavy atom. The number of hydrogen-bond donors (Lipinski definition) is 1. The highest BCUT2D eigenvalue weighted by molar-refractivity contribution is 7.81.